The zero-order valence-electron chi connectivity index (χ0n) is 4.80. The molecular formula is H7BrO8P2. The molecule has 0 aliphatic heterocycles. The minimum Gasteiger partial charge on any atom is -0.303 e. The molecule has 0 aliphatic rings. The summed E-state index contributed by atoms with van der Waals surface area (Å²) in [5, 5.41) is 0. The first-order chi connectivity index (χ1) is 4.00. The highest BCUT2D eigenvalue weighted by Crippen LogP contribution is 2.26. The number of hydrogen-bond acceptors (Lipinski definition) is 2. The number of phosphoric acid groups is 2. The first kappa shape index (κ1) is 17.7. The van der Waals surface area contributed by atoms with Gasteiger partial charge in [0.05, 0.1) is 0 Å². The third-order valence-corrected chi connectivity index (χ3v) is 0. The third-order valence-electron chi connectivity index (χ3n) is 0. The fraction of sp³-hybridized carbons (Fsp3) is 0. The first-order valence-corrected chi connectivity index (χ1v) is 4.70. The molecule has 0 fully saturated rings. The van der Waals surface area contributed by atoms with Crippen LogP contribution in [0.3, 0.4) is 0 Å². The summed E-state index contributed by atoms with van der Waals surface area (Å²) in [6.07, 6.45) is 0. The average molecular weight is 277 g/mol. The normalized spacial score (nSPS) is 10.7. The van der Waals surface area contributed by atoms with Gasteiger partial charge < -0.3 is 29.4 Å². The molecule has 0 saturated carbocycles. The molecule has 0 unspecified atom stereocenters. The van der Waals surface area contributed by atoms with Crippen LogP contribution in [0.1, 0.15) is 0 Å². The van der Waals surface area contributed by atoms with Gasteiger partial charge in [-0.15, -0.1) is 17.0 Å². The second kappa shape index (κ2) is 6.24. The second-order valence-corrected chi connectivity index (χ2v) is 3.08. The molecule has 0 aromatic heterocycles. The van der Waals surface area contributed by atoms with E-state index in [-0.39, 0.29) is 17.0 Å². The van der Waals surface area contributed by atoms with Gasteiger partial charge in [-0.2, -0.15) is 0 Å². The van der Waals surface area contributed by atoms with Gasteiger partial charge in [0, 0.05) is 0 Å². The highest BCUT2D eigenvalue weighted by Gasteiger charge is 2.00. The molecule has 0 aromatic rings. The maximum absolute atomic E-state index is 8.88. The molecule has 6 N–H and O–H groups in total. The molecule has 11 heavy (non-hydrogen) atoms. The highest BCUT2D eigenvalue weighted by molar-refractivity contribution is 8.93. The standard InChI is InChI=1S/BrH.2H3O4P/c;2*1-5(2,3)4/h1H;2*(H3,1,2,3,4). The Bertz CT molecular complexity index is 124. The third kappa shape index (κ3) is 1650. The van der Waals surface area contributed by atoms with Crippen LogP contribution in [-0.2, 0) is 9.13 Å². The van der Waals surface area contributed by atoms with Crippen LogP contribution in [0.4, 0.5) is 0 Å². The van der Waals surface area contributed by atoms with Crippen molar-refractivity contribution < 1.29 is 38.5 Å². The van der Waals surface area contributed by atoms with Crippen molar-refractivity contribution in [3.8, 4) is 0 Å². The van der Waals surface area contributed by atoms with Crippen LogP contribution < -0.4 is 0 Å². The molecule has 72 valence electrons. The summed E-state index contributed by atoms with van der Waals surface area (Å²) in [6.45, 7) is 0. The van der Waals surface area contributed by atoms with Crippen molar-refractivity contribution >= 4 is 32.6 Å². The summed E-state index contributed by atoms with van der Waals surface area (Å²) in [4.78, 5) is 43.1. The van der Waals surface area contributed by atoms with Gasteiger partial charge >= 0.3 is 15.6 Å². The van der Waals surface area contributed by atoms with Crippen molar-refractivity contribution in [2.45, 2.75) is 0 Å². The fourth-order valence-corrected chi connectivity index (χ4v) is 0. The van der Waals surface area contributed by atoms with E-state index >= 15 is 0 Å². The van der Waals surface area contributed by atoms with Crippen LogP contribution in [0.2, 0.25) is 0 Å². The van der Waals surface area contributed by atoms with Gasteiger partial charge in [-0.25, -0.2) is 9.13 Å². The molecule has 0 heterocycles. The van der Waals surface area contributed by atoms with Gasteiger partial charge in [-0.3, -0.25) is 0 Å². The van der Waals surface area contributed by atoms with E-state index in [0.29, 0.717) is 0 Å². The highest BCUT2D eigenvalue weighted by atomic mass is 79.9. The lowest BCUT2D eigenvalue weighted by atomic mass is 15.8. The van der Waals surface area contributed by atoms with Gasteiger partial charge in [0.25, 0.3) is 0 Å². The lowest BCUT2D eigenvalue weighted by molar-refractivity contribution is 0.272. The maximum atomic E-state index is 8.88. The molecule has 0 saturated heterocycles. The molecule has 0 amide bonds. The maximum Gasteiger partial charge on any atom is 0.466 e. The molecule has 0 spiro atoms. The molecule has 0 aliphatic carbocycles. The van der Waals surface area contributed by atoms with E-state index in [1.165, 1.54) is 0 Å². The SMILES string of the molecule is Br.O=P(O)(O)O.O=P(O)(O)O. The van der Waals surface area contributed by atoms with Gasteiger partial charge in [-0.05, 0) is 0 Å². The van der Waals surface area contributed by atoms with Crippen molar-refractivity contribution in [3.63, 3.8) is 0 Å². The quantitative estimate of drug-likeness (QED) is 0.299. The van der Waals surface area contributed by atoms with Crippen molar-refractivity contribution in [1.29, 1.82) is 0 Å². The summed E-state index contributed by atoms with van der Waals surface area (Å²) < 4.78 is 17.8. The minimum absolute atomic E-state index is 0. The van der Waals surface area contributed by atoms with Crippen LogP contribution in [0.25, 0.3) is 0 Å². The van der Waals surface area contributed by atoms with Gasteiger partial charge in [0.2, 0.25) is 0 Å². The van der Waals surface area contributed by atoms with Gasteiger partial charge in [-0.1, -0.05) is 0 Å². The molecule has 0 bridgehead atoms. The van der Waals surface area contributed by atoms with Crippen LogP contribution in [0.15, 0.2) is 0 Å². The Labute approximate surface area is 71.8 Å². The molecule has 8 nitrogen and oxygen atoms in total. The predicted octanol–water partition coefficient (Wildman–Crippen LogP) is -1.28. The zero-order valence-corrected chi connectivity index (χ0v) is 8.30. The second-order valence-electron chi connectivity index (χ2n) is 1.03. The Kier molecular flexibility index (Phi) is 10.0. The van der Waals surface area contributed by atoms with E-state index in [1.807, 2.05) is 0 Å². The summed E-state index contributed by atoms with van der Waals surface area (Å²) in [6, 6.07) is 0. The van der Waals surface area contributed by atoms with Crippen molar-refractivity contribution in [1.82, 2.24) is 0 Å². The van der Waals surface area contributed by atoms with E-state index in [9.17, 15) is 0 Å². The van der Waals surface area contributed by atoms with Crippen molar-refractivity contribution in [3.05, 3.63) is 0 Å². The van der Waals surface area contributed by atoms with E-state index in [1.54, 1.807) is 0 Å². The van der Waals surface area contributed by atoms with E-state index < -0.39 is 15.6 Å². The lowest BCUT2D eigenvalue weighted by Crippen LogP contribution is -1.66. The molecule has 0 atom stereocenters. The largest absolute Gasteiger partial charge is 0.466 e. The summed E-state index contributed by atoms with van der Waals surface area (Å²) in [5.41, 5.74) is 0. The topological polar surface area (TPSA) is 156 Å². The van der Waals surface area contributed by atoms with Gasteiger partial charge in [0.15, 0.2) is 0 Å². The van der Waals surface area contributed by atoms with Crippen LogP contribution >= 0.6 is 32.6 Å². The van der Waals surface area contributed by atoms with E-state index in [0.717, 1.165) is 0 Å². The minimum atomic E-state index is -4.64. The molecular weight excluding hydrogens is 270 g/mol. The number of hydrogen-bond donors (Lipinski definition) is 6. The van der Waals surface area contributed by atoms with Gasteiger partial charge in [0.1, 0.15) is 0 Å². The molecule has 0 aromatic carbocycles. The number of halogens is 1. The smallest absolute Gasteiger partial charge is 0.303 e. The lowest BCUT2D eigenvalue weighted by Gasteiger charge is -1.82. The Hall–Kier alpha value is 0.700. The Balaban J connectivity index is -0.000000107. The number of rotatable bonds is 0. The van der Waals surface area contributed by atoms with Crippen LogP contribution in [-0.4, -0.2) is 29.4 Å². The predicted molar refractivity (Wildman–Crippen MR) is 38.8 cm³/mol. The molecule has 0 radical (unpaired) electrons. The summed E-state index contributed by atoms with van der Waals surface area (Å²) in [7, 11) is -9.28. The van der Waals surface area contributed by atoms with Crippen molar-refractivity contribution in [2.24, 2.45) is 0 Å². The average Bonchev–Trinajstić information content (AvgIpc) is 1.12. The Morgan fingerprint density at radius 2 is 0.636 bits per heavy atom. The first-order valence-electron chi connectivity index (χ1n) is 1.57. The molecule has 0 rings (SSSR count). The van der Waals surface area contributed by atoms with E-state index in [2.05, 4.69) is 0 Å². The Morgan fingerprint density at radius 1 is 0.636 bits per heavy atom. The van der Waals surface area contributed by atoms with Crippen molar-refractivity contribution in [2.75, 3.05) is 0 Å². The molecule has 11 heteroatoms. The zero-order chi connectivity index (χ0) is 9.00. The summed E-state index contributed by atoms with van der Waals surface area (Å²) in [5.74, 6) is 0. The van der Waals surface area contributed by atoms with E-state index in [4.69, 9.17) is 38.5 Å². The monoisotopic (exact) mass is 276 g/mol. The Morgan fingerprint density at radius 3 is 0.636 bits per heavy atom. The van der Waals surface area contributed by atoms with Crippen LogP contribution in [0, 0.1) is 0 Å². The summed E-state index contributed by atoms with van der Waals surface area (Å²) >= 11 is 0. The van der Waals surface area contributed by atoms with Crippen LogP contribution in [0.5, 0.6) is 0 Å². The fourth-order valence-electron chi connectivity index (χ4n) is 0.